The first kappa shape index (κ1) is 9.79. The van der Waals surface area contributed by atoms with Crippen molar-refractivity contribution in [3.63, 3.8) is 0 Å². The zero-order valence-corrected chi connectivity index (χ0v) is 8.45. The minimum Gasteiger partial charge on any atom is -0.437 e. The maximum Gasteiger partial charge on any atom is 0.515 e. The third-order valence-electron chi connectivity index (χ3n) is 1.75. The van der Waals surface area contributed by atoms with Gasteiger partial charge in [-0.2, -0.15) is 0 Å². The molecule has 0 bridgehead atoms. The number of ether oxygens (including phenoxy) is 2. The third kappa shape index (κ3) is 1.87. The van der Waals surface area contributed by atoms with Gasteiger partial charge >= 0.3 is 6.16 Å². The van der Waals surface area contributed by atoms with Gasteiger partial charge < -0.3 is 14.0 Å². The van der Waals surface area contributed by atoms with E-state index in [0.717, 1.165) is 0 Å². The van der Waals surface area contributed by atoms with Crippen molar-refractivity contribution >= 4 is 28.7 Å². The summed E-state index contributed by atoms with van der Waals surface area (Å²) in [5.41, 5.74) is 0.485. The Labute approximate surface area is 89.5 Å². The summed E-state index contributed by atoms with van der Waals surface area (Å²) in [5, 5.41) is 4.59. The van der Waals surface area contributed by atoms with Crippen LogP contribution in [0.2, 0.25) is 5.02 Å². The molecule has 0 aliphatic heterocycles. The Balaban J connectivity index is 2.43. The monoisotopic (exact) mass is 227 g/mol. The van der Waals surface area contributed by atoms with E-state index in [1.54, 1.807) is 18.2 Å². The number of methoxy groups -OCH3 is 1. The highest BCUT2D eigenvalue weighted by Gasteiger charge is 2.13. The quantitative estimate of drug-likeness (QED) is 0.701. The number of rotatable bonds is 1. The molecule has 0 amide bonds. The largest absolute Gasteiger partial charge is 0.515 e. The lowest BCUT2D eigenvalue weighted by molar-refractivity contribution is 0.118. The van der Waals surface area contributed by atoms with Gasteiger partial charge in [-0.15, -0.1) is 0 Å². The van der Waals surface area contributed by atoms with Crippen molar-refractivity contribution in [3.8, 4) is 5.88 Å². The number of nitrogens with zero attached hydrogens (tertiary/aromatic N) is 1. The molecule has 6 heteroatoms. The second-order valence-corrected chi connectivity index (χ2v) is 3.12. The molecule has 78 valence electrons. The van der Waals surface area contributed by atoms with Crippen LogP contribution in [0.4, 0.5) is 4.79 Å². The molecular weight excluding hydrogens is 222 g/mol. The molecule has 0 aliphatic carbocycles. The van der Waals surface area contributed by atoms with E-state index in [9.17, 15) is 4.79 Å². The number of halogens is 1. The van der Waals surface area contributed by atoms with Crippen molar-refractivity contribution in [3.05, 3.63) is 23.2 Å². The highest BCUT2D eigenvalue weighted by Crippen LogP contribution is 2.27. The number of carbonyl (C=O) groups excluding carboxylic acids is 1. The van der Waals surface area contributed by atoms with Gasteiger partial charge in [-0.25, -0.2) is 4.79 Å². The molecule has 0 unspecified atom stereocenters. The molecule has 0 saturated heterocycles. The number of aromatic nitrogens is 1. The Hall–Kier alpha value is -1.75. The number of benzene rings is 1. The van der Waals surface area contributed by atoms with Crippen LogP contribution in [0.1, 0.15) is 0 Å². The third-order valence-corrected chi connectivity index (χ3v) is 1.98. The van der Waals surface area contributed by atoms with Gasteiger partial charge in [0, 0.05) is 5.02 Å². The fraction of sp³-hybridized carbons (Fsp3) is 0.111. The Morgan fingerprint density at radius 2 is 2.33 bits per heavy atom. The molecule has 1 heterocycles. The van der Waals surface area contributed by atoms with Crippen LogP contribution in [-0.2, 0) is 4.74 Å². The summed E-state index contributed by atoms with van der Waals surface area (Å²) in [5.74, 6) is 0.0411. The van der Waals surface area contributed by atoms with E-state index in [2.05, 4.69) is 9.89 Å². The molecule has 0 radical (unpaired) electrons. The van der Waals surface area contributed by atoms with E-state index in [0.29, 0.717) is 16.0 Å². The van der Waals surface area contributed by atoms with Crippen LogP contribution in [0.3, 0.4) is 0 Å². The fourth-order valence-corrected chi connectivity index (χ4v) is 1.26. The topological polar surface area (TPSA) is 61.6 Å². The minimum atomic E-state index is -0.856. The van der Waals surface area contributed by atoms with E-state index >= 15 is 0 Å². The van der Waals surface area contributed by atoms with Gasteiger partial charge in [0.1, 0.15) is 0 Å². The second-order valence-electron chi connectivity index (χ2n) is 2.68. The van der Waals surface area contributed by atoms with Crippen molar-refractivity contribution in [1.82, 2.24) is 5.16 Å². The van der Waals surface area contributed by atoms with E-state index in [4.69, 9.17) is 20.9 Å². The standard InChI is InChI=1S/C9H6ClNO4/c1-13-9(12)14-8-6-4-5(10)2-3-7(6)15-11-8/h2-4H,1H3. The molecule has 0 aliphatic rings. The van der Waals surface area contributed by atoms with Crippen molar-refractivity contribution in [2.75, 3.05) is 7.11 Å². The normalized spacial score (nSPS) is 10.3. The fourth-order valence-electron chi connectivity index (χ4n) is 1.08. The molecule has 1 aromatic heterocycles. The van der Waals surface area contributed by atoms with Crippen LogP contribution >= 0.6 is 11.6 Å². The van der Waals surface area contributed by atoms with Crippen LogP contribution < -0.4 is 4.74 Å². The van der Waals surface area contributed by atoms with E-state index in [-0.39, 0.29) is 5.88 Å². The predicted octanol–water partition coefficient (Wildman–Crippen LogP) is 2.63. The SMILES string of the molecule is COC(=O)Oc1noc2ccc(Cl)cc12. The Kier molecular flexibility index (Phi) is 2.47. The van der Waals surface area contributed by atoms with Crippen LogP contribution in [-0.4, -0.2) is 18.4 Å². The summed E-state index contributed by atoms with van der Waals surface area (Å²) in [4.78, 5) is 10.8. The first-order chi connectivity index (χ1) is 7.20. The van der Waals surface area contributed by atoms with Crippen LogP contribution in [0.15, 0.2) is 22.7 Å². The Morgan fingerprint density at radius 3 is 3.07 bits per heavy atom. The first-order valence-electron chi connectivity index (χ1n) is 4.01. The highest BCUT2D eigenvalue weighted by atomic mass is 35.5. The maximum absolute atomic E-state index is 10.8. The van der Waals surface area contributed by atoms with E-state index in [1.165, 1.54) is 7.11 Å². The summed E-state index contributed by atoms with van der Waals surface area (Å²) in [7, 11) is 1.21. The summed E-state index contributed by atoms with van der Waals surface area (Å²) in [6.07, 6.45) is -0.856. The van der Waals surface area contributed by atoms with Crippen LogP contribution in [0.5, 0.6) is 5.88 Å². The average Bonchev–Trinajstić information content (AvgIpc) is 2.61. The van der Waals surface area contributed by atoms with Crippen LogP contribution in [0, 0.1) is 0 Å². The lowest BCUT2D eigenvalue weighted by atomic mass is 10.3. The van der Waals surface area contributed by atoms with Crippen LogP contribution in [0.25, 0.3) is 11.0 Å². The number of carbonyl (C=O) groups is 1. The van der Waals surface area contributed by atoms with E-state index < -0.39 is 6.16 Å². The Morgan fingerprint density at radius 1 is 1.53 bits per heavy atom. The van der Waals surface area contributed by atoms with Crippen molar-refractivity contribution < 1.29 is 18.8 Å². The summed E-state index contributed by atoms with van der Waals surface area (Å²) < 4.78 is 14.0. The van der Waals surface area contributed by atoms with E-state index in [1.807, 2.05) is 0 Å². The highest BCUT2D eigenvalue weighted by molar-refractivity contribution is 6.31. The molecule has 2 rings (SSSR count). The molecule has 0 spiro atoms. The molecule has 0 N–H and O–H groups in total. The van der Waals surface area contributed by atoms with Gasteiger partial charge in [-0.3, -0.25) is 0 Å². The average molecular weight is 228 g/mol. The molecular formula is C9H6ClNO4. The molecule has 1 aromatic carbocycles. The van der Waals surface area contributed by atoms with Gasteiger partial charge in [0.25, 0.3) is 5.88 Å². The van der Waals surface area contributed by atoms with Crippen molar-refractivity contribution in [2.24, 2.45) is 0 Å². The maximum atomic E-state index is 10.8. The van der Waals surface area contributed by atoms with Gasteiger partial charge in [0.2, 0.25) is 0 Å². The summed E-state index contributed by atoms with van der Waals surface area (Å²) in [6.45, 7) is 0. The van der Waals surface area contributed by atoms with Gasteiger partial charge in [-0.1, -0.05) is 11.6 Å². The summed E-state index contributed by atoms with van der Waals surface area (Å²) >= 11 is 5.78. The predicted molar refractivity (Wildman–Crippen MR) is 52.1 cm³/mol. The first-order valence-corrected chi connectivity index (χ1v) is 4.39. The minimum absolute atomic E-state index is 0.0411. The lowest BCUT2D eigenvalue weighted by Crippen LogP contribution is -2.07. The van der Waals surface area contributed by atoms with Crippen molar-refractivity contribution in [2.45, 2.75) is 0 Å². The second kappa shape index (κ2) is 3.78. The van der Waals surface area contributed by atoms with Gasteiger partial charge in [0.15, 0.2) is 5.58 Å². The molecule has 15 heavy (non-hydrogen) atoms. The van der Waals surface area contributed by atoms with Crippen molar-refractivity contribution in [1.29, 1.82) is 0 Å². The number of hydrogen-bond donors (Lipinski definition) is 0. The molecule has 5 nitrogen and oxygen atoms in total. The number of fused-ring (bicyclic) bond motifs is 1. The van der Waals surface area contributed by atoms with Gasteiger partial charge in [-0.05, 0) is 23.4 Å². The zero-order chi connectivity index (χ0) is 10.8. The Bertz CT molecular complexity index is 508. The van der Waals surface area contributed by atoms with Gasteiger partial charge in [0.05, 0.1) is 12.5 Å². The smallest absolute Gasteiger partial charge is 0.437 e. The summed E-state index contributed by atoms with van der Waals surface area (Å²) in [6, 6.07) is 4.87. The molecule has 0 atom stereocenters. The molecule has 0 fully saturated rings. The lowest BCUT2D eigenvalue weighted by Gasteiger charge is -1.97. The zero-order valence-electron chi connectivity index (χ0n) is 7.69. The molecule has 2 aromatic rings. The molecule has 0 saturated carbocycles. The number of hydrogen-bond acceptors (Lipinski definition) is 5.